The predicted molar refractivity (Wildman–Crippen MR) is 73.0 cm³/mol. The number of carbonyl (C=O) groups is 1. The second kappa shape index (κ2) is 4.30. The number of anilines is 1. The lowest BCUT2D eigenvalue weighted by molar-refractivity contribution is 0.0850. The third-order valence-corrected chi connectivity index (χ3v) is 4.18. The van der Waals surface area contributed by atoms with E-state index >= 15 is 0 Å². The Bertz CT molecular complexity index is 477. The Hall–Kier alpha value is -1.51. The van der Waals surface area contributed by atoms with Gasteiger partial charge in [-0.25, -0.2) is 0 Å². The highest BCUT2D eigenvalue weighted by molar-refractivity contribution is 5.95. The van der Waals surface area contributed by atoms with Gasteiger partial charge in [0.05, 0.1) is 0 Å². The number of hydrogen-bond acceptors (Lipinski definition) is 2. The summed E-state index contributed by atoms with van der Waals surface area (Å²) in [6.07, 6.45) is 5.65. The van der Waals surface area contributed by atoms with Crippen LogP contribution in [0.15, 0.2) is 18.2 Å². The Morgan fingerprint density at radius 2 is 2.17 bits per heavy atom. The number of benzene rings is 1. The van der Waals surface area contributed by atoms with Crippen LogP contribution in [0, 0.1) is 0 Å². The maximum atomic E-state index is 12.2. The van der Waals surface area contributed by atoms with Crippen molar-refractivity contribution < 1.29 is 4.79 Å². The maximum absolute atomic E-state index is 12.2. The van der Waals surface area contributed by atoms with Crippen LogP contribution in [-0.2, 0) is 6.42 Å². The molecule has 1 saturated carbocycles. The second-order valence-corrected chi connectivity index (χ2v) is 5.77. The highest BCUT2D eigenvalue weighted by Gasteiger charge is 2.33. The van der Waals surface area contributed by atoms with E-state index in [-0.39, 0.29) is 11.4 Å². The van der Waals surface area contributed by atoms with Crippen molar-refractivity contribution in [3.05, 3.63) is 29.3 Å². The van der Waals surface area contributed by atoms with E-state index in [0.717, 1.165) is 37.8 Å². The third-order valence-electron chi connectivity index (χ3n) is 4.18. The van der Waals surface area contributed by atoms with Crippen molar-refractivity contribution in [2.24, 2.45) is 0 Å². The lowest BCUT2D eigenvalue weighted by Crippen LogP contribution is -2.50. The summed E-state index contributed by atoms with van der Waals surface area (Å²) in [6.45, 7) is 3.17. The summed E-state index contributed by atoms with van der Waals surface area (Å²) >= 11 is 0. The molecule has 1 aromatic rings. The maximum Gasteiger partial charge on any atom is 0.251 e. The zero-order valence-corrected chi connectivity index (χ0v) is 10.9. The molecule has 1 fully saturated rings. The number of aryl methyl sites for hydroxylation is 1. The molecule has 0 aromatic heterocycles. The van der Waals surface area contributed by atoms with Crippen molar-refractivity contribution in [3.8, 4) is 0 Å². The zero-order chi connectivity index (χ0) is 12.6. The molecule has 0 unspecified atom stereocenters. The van der Waals surface area contributed by atoms with E-state index in [9.17, 15) is 4.79 Å². The summed E-state index contributed by atoms with van der Waals surface area (Å²) in [5, 5.41) is 6.52. The van der Waals surface area contributed by atoms with Gasteiger partial charge in [0.1, 0.15) is 0 Å². The lowest BCUT2D eigenvalue weighted by atomic mass is 9.78. The molecular formula is C15H20N2O. The molecule has 0 radical (unpaired) electrons. The Balaban J connectivity index is 1.77. The van der Waals surface area contributed by atoms with E-state index in [4.69, 9.17) is 0 Å². The van der Waals surface area contributed by atoms with Crippen LogP contribution < -0.4 is 10.6 Å². The van der Waals surface area contributed by atoms with Crippen LogP contribution >= 0.6 is 0 Å². The molecule has 1 aliphatic carbocycles. The van der Waals surface area contributed by atoms with Gasteiger partial charge in [-0.2, -0.15) is 0 Å². The molecule has 0 bridgehead atoms. The monoisotopic (exact) mass is 244 g/mol. The van der Waals surface area contributed by atoms with Gasteiger partial charge in [0.25, 0.3) is 5.91 Å². The van der Waals surface area contributed by atoms with Gasteiger partial charge in [-0.1, -0.05) is 0 Å². The molecule has 18 heavy (non-hydrogen) atoms. The Kier molecular flexibility index (Phi) is 2.77. The molecule has 2 N–H and O–H groups in total. The quantitative estimate of drug-likeness (QED) is 0.840. The molecule has 1 heterocycles. The van der Waals surface area contributed by atoms with Crippen LogP contribution in [0.25, 0.3) is 0 Å². The molecule has 96 valence electrons. The van der Waals surface area contributed by atoms with Crippen LogP contribution in [0.2, 0.25) is 0 Å². The fraction of sp³-hybridized carbons (Fsp3) is 0.533. The summed E-state index contributed by atoms with van der Waals surface area (Å²) in [4.78, 5) is 12.2. The lowest BCUT2D eigenvalue weighted by Gasteiger charge is -2.39. The highest BCUT2D eigenvalue weighted by Crippen LogP contribution is 2.31. The molecule has 1 aliphatic heterocycles. The normalized spacial score (nSPS) is 20.3. The molecule has 1 aromatic carbocycles. The van der Waals surface area contributed by atoms with E-state index in [2.05, 4.69) is 17.6 Å². The van der Waals surface area contributed by atoms with Crippen LogP contribution in [0.5, 0.6) is 0 Å². The van der Waals surface area contributed by atoms with Crippen LogP contribution in [0.1, 0.15) is 48.5 Å². The van der Waals surface area contributed by atoms with Crippen LogP contribution in [-0.4, -0.2) is 18.0 Å². The largest absolute Gasteiger partial charge is 0.385 e. The number of nitrogens with one attached hydrogen (secondary N) is 2. The minimum Gasteiger partial charge on any atom is -0.385 e. The van der Waals surface area contributed by atoms with Gasteiger partial charge in [0.2, 0.25) is 0 Å². The first-order valence-corrected chi connectivity index (χ1v) is 6.86. The first kappa shape index (κ1) is 11.6. The van der Waals surface area contributed by atoms with Gasteiger partial charge in [0.15, 0.2) is 0 Å². The predicted octanol–water partition coefficient (Wildman–Crippen LogP) is 2.72. The van der Waals surface area contributed by atoms with Crippen LogP contribution in [0.4, 0.5) is 5.69 Å². The smallest absolute Gasteiger partial charge is 0.251 e. The molecule has 1 amide bonds. The topological polar surface area (TPSA) is 41.1 Å². The van der Waals surface area contributed by atoms with Crippen molar-refractivity contribution in [1.29, 1.82) is 0 Å². The van der Waals surface area contributed by atoms with Crippen molar-refractivity contribution in [2.45, 2.75) is 44.6 Å². The molecule has 0 atom stereocenters. The summed E-state index contributed by atoms with van der Waals surface area (Å²) in [6, 6.07) is 6.00. The number of fused-ring (bicyclic) bond motifs is 1. The van der Waals surface area contributed by atoms with Gasteiger partial charge >= 0.3 is 0 Å². The summed E-state index contributed by atoms with van der Waals surface area (Å²) in [5.41, 5.74) is 3.29. The van der Waals surface area contributed by atoms with Crippen molar-refractivity contribution in [2.75, 3.05) is 11.9 Å². The Morgan fingerprint density at radius 3 is 2.89 bits per heavy atom. The number of hydrogen-bond donors (Lipinski definition) is 2. The van der Waals surface area contributed by atoms with Gasteiger partial charge in [0, 0.05) is 23.3 Å². The molecular weight excluding hydrogens is 224 g/mol. The van der Waals surface area contributed by atoms with E-state index in [1.807, 2.05) is 18.2 Å². The molecule has 0 saturated heterocycles. The van der Waals surface area contributed by atoms with Gasteiger partial charge in [-0.15, -0.1) is 0 Å². The average molecular weight is 244 g/mol. The minimum absolute atomic E-state index is 0.0330. The molecule has 2 aliphatic rings. The van der Waals surface area contributed by atoms with Gasteiger partial charge in [-0.05, 0) is 62.8 Å². The zero-order valence-electron chi connectivity index (χ0n) is 10.9. The summed E-state index contributed by atoms with van der Waals surface area (Å²) < 4.78 is 0. The van der Waals surface area contributed by atoms with Crippen molar-refractivity contribution in [3.63, 3.8) is 0 Å². The number of rotatable bonds is 2. The fourth-order valence-corrected chi connectivity index (χ4v) is 2.79. The minimum atomic E-state index is 0.0330. The first-order chi connectivity index (χ1) is 8.66. The Labute approximate surface area is 108 Å². The average Bonchev–Trinajstić information content (AvgIpc) is 2.36. The number of carbonyl (C=O) groups excluding carboxylic acids is 1. The van der Waals surface area contributed by atoms with Gasteiger partial charge < -0.3 is 10.6 Å². The van der Waals surface area contributed by atoms with E-state index in [1.54, 1.807) is 0 Å². The van der Waals surface area contributed by atoms with Crippen molar-refractivity contribution in [1.82, 2.24) is 5.32 Å². The van der Waals surface area contributed by atoms with E-state index in [0.29, 0.717) is 0 Å². The van der Waals surface area contributed by atoms with E-state index < -0.39 is 0 Å². The van der Waals surface area contributed by atoms with Crippen molar-refractivity contribution >= 4 is 11.6 Å². The second-order valence-electron chi connectivity index (χ2n) is 5.77. The SMILES string of the molecule is CC1(NC(=O)c2ccc3c(c2)CCCN3)CCC1. The molecule has 3 heteroatoms. The summed E-state index contributed by atoms with van der Waals surface area (Å²) in [7, 11) is 0. The summed E-state index contributed by atoms with van der Waals surface area (Å²) in [5.74, 6) is 0.0746. The number of amides is 1. The van der Waals surface area contributed by atoms with Crippen LogP contribution in [0.3, 0.4) is 0 Å². The molecule has 3 rings (SSSR count). The highest BCUT2D eigenvalue weighted by atomic mass is 16.1. The van der Waals surface area contributed by atoms with E-state index in [1.165, 1.54) is 17.7 Å². The Morgan fingerprint density at radius 1 is 1.33 bits per heavy atom. The molecule has 0 spiro atoms. The third kappa shape index (κ3) is 2.09. The molecule has 3 nitrogen and oxygen atoms in total. The fourth-order valence-electron chi connectivity index (χ4n) is 2.79. The standard InChI is InChI=1S/C15H20N2O/c1-15(7-3-8-15)17-14(18)12-5-6-13-11(10-12)4-2-9-16-13/h5-6,10,16H,2-4,7-9H2,1H3,(H,17,18). The first-order valence-electron chi connectivity index (χ1n) is 6.86. The van der Waals surface area contributed by atoms with Gasteiger partial charge in [-0.3, -0.25) is 4.79 Å².